The fourth-order valence-corrected chi connectivity index (χ4v) is 3.08. The molecule has 0 rings (SSSR count). The van der Waals surface area contributed by atoms with Crippen molar-refractivity contribution in [3.8, 4) is 0 Å². The van der Waals surface area contributed by atoms with Crippen LogP contribution < -0.4 is 11.5 Å². The highest BCUT2D eigenvalue weighted by Crippen LogP contribution is 2.14. The molecule has 4 N–H and O–H groups in total. The summed E-state index contributed by atoms with van der Waals surface area (Å²) >= 11 is 0. The molecule has 0 amide bonds. The van der Waals surface area contributed by atoms with E-state index in [0.717, 1.165) is 6.42 Å². The first kappa shape index (κ1) is 21.9. The van der Waals surface area contributed by atoms with E-state index in [9.17, 15) is 0 Å². The van der Waals surface area contributed by atoms with Gasteiger partial charge in [-0.3, -0.25) is 0 Å². The smallest absolute Gasteiger partial charge is 0.0215 e. The van der Waals surface area contributed by atoms with E-state index in [1.54, 1.807) is 0 Å². The first-order chi connectivity index (χ1) is 10.6. The van der Waals surface area contributed by atoms with Crippen molar-refractivity contribution >= 4 is 0 Å². The molecule has 0 aromatic rings. The second-order valence-corrected chi connectivity index (χ2v) is 7.52. The van der Waals surface area contributed by atoms with E-state index >= 15 is 0 Å². The largest absolute Gasteiger partial charge is 0.326 e. The zero-order chi connectivity index (χ0) is 16.6. The number of hydrogen-bond donors (Lipinski definition) is 2. The maximum atomic E-state index is 6.13. The van der Waals surface area contributed by atoms with Gasteiger partial charge in [0.15, 0.2) is 0 Å². The SMILES string of the molecule is CCCCCCCCCCCCCCCC(N)C(N)C(C)C. The van der Waals surface area contributed by atoms with Gasteiger partial charge < -0.3 is 11.5 Å². The molecule has 22 heavy (non-hydrogen) atoms. The summed E-state index contributed by atoms with van der Waals surface area (Å²) in [7, 11) is 0. The molecule has 2 unspecified atom stereocenters. The fourth-order valence-electron chi connectivity index (χ4n) is 3.08. The maximum Gasteiger partial charge on any atom is 0.0215 e. The van der Waals surface area contributed by atoms with Crippen molar-refractivity contribution in [3.63, 3.8) is 0 Å². The third-order valence-electron chi connectivity index (χ3n) is 4.91. The molecule has 0 fully saturated rings. The van der Waals surface area contributed by atoms with Gasteiger partial charge in [0.2, 0.25) is 0 Å². The first-order valence-electron chi connectivity index (χ1n) is 10.1. The summed E-state index contributed by atoms with van der Waals surface area (Å²) in [5.74, 6) is 0.497. The average molecular weight is 313 g/mol. The number of nitrogens with two attached hydrogens (primary N) is 2. The molecule has 134 valence electrons. The van der Waals surface area contributed by atoms with Gasteiger partial charge in [0.1, 0.15) is 0 Å². The molecule has 0 aliphatic carbocycles. The number of hydrogen-bond acceptors (Lipinski definition) is 2. The predicted molar refractivity (Wildman–Crippen MR) is 101 cm³/mol. The van der Waals surface area contributed by atoms with Gasteiger partial charge in [-0.2, -0.15) is 0 Å². The maximum absolute atomic E-state index is 6.13. The van der Waals surface area contributed by atoms with Gasteiger partial charge >= 0.3 is 0 Å². The highest BCUT2D eigenvalue weighted by Gasteiger charge is 2.15. The standard InChI is InChI=1S/C20H44N2/c1-4-5-6-7-8-9-10-11-12-13-14-15-16-17-19(21)20(22)18(2)3/h18-20H,4-17,21-22H2,1-3H3. The first-order valence-corrected chi connectivity index (χ1v) is 10.1. The third-order valence-corrected chi connectivity index (χ3v) is 4.91. The van der Waals surface area contributed by atoms with Crippen LogP contribution in [0.15, 0.2) is 0 Å². The molecular formula is C20H44N2. The monoisotopic (exact) mass is 312 g/mol. The lowest BCUT2D eigenvalue weighted by molar-refractivity contribution is 0.386. The van der Waals surface area contributed by atoms with Gasteiger partial charge in [-0.1, -0.05) is 104 Å². The highest BCUT2D eigenvalue weighted by molar-refractivity contribution is 4.78. The lowest BCUT2D eigenvalue weighted by atomic mass is 9.94. The van der Waals surface area contributed by atoms with Crippen LogP contribution >= 0.6 is 0 Å². The van der Waals surface area contributed by atoms with Crippen LogP contribution in [0.25, 0.3) is 0 Å². The van der Waals surface area contributed by atoms with Gasteiger partial charge in [-0.05, 0) is 12.3 Å². The van der Waals surface area contributed by atoms with Crippen molar-refractivity contribution in [1.82, 2.24) is 0 Å². The van der Waals surface area contributed by atoms with E-state index in [1.165, 1.54) is 83.5 Å². The van der Waals surface area contributed by atoms with Crippen LogP contribution in [0, 0.1) is 5.92 Å². The lowest BCUT2D eigenvalue weighted by Gasteiger charge is -2.23. The van der Waals surface area contributed by atoms with Crippen molar-refractivity contribution in [2.75, 3.05) is 0 Å². The van der Waals surface area contributed by atoms with Crippen LogP contribution in [0.2, 0.25) is 0 Å². The van der Waals surface area contributed by atoms with Crippen molar-refractivity contribution in [3.05, 3.63) is 0 Å². The van der Waals surface area contributed by atoms with Crippen LogP contribution in [-0.4, -0.2) is 12.1 Å². The minimum atomic E-state index is 0.164. The Kier molecular flexibility index (Phi) is 15.7. The molecule has 0 aliphatic rings. The van der Waals surface area contributed by atoms with Gasteiger partial charge in [-0.15, -0.1) is 0 Å². The molecule has 0 radical (unpaired) electrons. The second kappa shape index (κ2) is 15.8. The summed E-state index contributed by atoms with van der Waals surface area (Å²) in [6.07, 6.45) is 19.3. The topological polar surface area (TPSA) is 52.0 Å². The Hall–Kier alpha value is -0.0800. The zero-order valence-corrected chi connectivity index (χ0v) is 15.8. The molecule has 0 saturated carbocycles. The Labute approximate surface area is 140 Å². The number of rotatable bonds is 16. The molecule has 0 aromatic heterocycles. The van der Waals surface area contributed by atoms with Crippen molar-refractivity contribution in [2.24, 2.45) is 17.4 Å². The summed E-state index contributed by atoms with van der Waals surface area (Å²) in [6, 6.07) is 0.352. The zero-order valence-electron chi connectivity index (χ0n) is 15.8. The minimum absolute atomic E-state index is 0.164. The van der Waals surface area contributed by atoms with E-state index in [1.807, 2.05) is 0 Å². The molecule has 0 spiro atoms. The molecule has 0 heterocycles. The molecule has 0 bridgehead atoms. The van der Waals surface area contributed by atoms with Crippen molar-refractivity contribution in [1.29, 1.82) is 0 Å². The van der Waals surface area contributed by atoms with Crippen LogP contribution in [-0.2, 0) is 0 Å². The average Bonchev–Trinajstić information content (AvgIpc) is 2.50. The molecule has 2 heteroatoms. The number of unbranched alkanes of at least 4 members (excludes halogenated alkanes) is 12. The van der Waals surface area contributed by atoms with Crippen molar-refractivity contribution < 1.29 is 0 Å². The van der Waals surface area contributed by atoms with Gasteiger partial charge in [0.25, 0.3) is 0 Å². The summed E-state index contributed by atoms with van der Waals surface area (Å²) in [4.78, 5) is 0. The fraction of sp³-hybridized carbons (Fsp3) is 1.00. The lowest BCUT2D eigenvalue weighted by Crippen LogP contribution is -2.44. The predicted octanol–water partition coefficient (Wildman–Crippen LogP) is 5.78. The van der Waals surface area contributed by atoms with E-state index in [0.29, 0.717) is 5.92 Å². The van der Waals surface area contributed by atoms with Crippen LogP contribution in [0.4, 0.5) is 0 Å². The quantitative estimate of drug-likeness (QED) is 0.355. The Bertz CT molecular complexity index is 216. The van der Waals surface area contributed by atoms with Crippen molar-refractivity contribution in [2.45, 2.75) is 123 Å². The summed E-state index contributed by atoms with van der Waals surface area (Å²) in [6.45, 7) is 6.61. The summed E-state index contributed by atoms with van der Waals surface area (Å²) in [5, 5.41) is 0. The molecular weight excluding hydrogens is 268 g/mol. The third kappa shape index (κ3) is 13.6. The van der Waals surface area contributed by atoms with Gasteiger partial charge in [0.05, 0.1) is 0 Å². The molecule has 0 saturated heterocycles. The van der Waals surface area contributed by atoms with Crippen LogP contribution in [0.3, 0.4) is 0 Å². The Morgan fingerprint density at radius 3 is 1.32 bits per heavy atom. The summed E-state index contributed by atoms with van der Waals surface area (Å²) in [5.41, 5.74) is 12.2. The normalized spacial score (nSPS) is 14.5. The van der Waals surface area contributed by atoms with Gasteiger partial charge in [-0.25, -0.2) is 0 Å². The highest BCUT2D eigenvalue weighted by atomic mass is 14.8. The molecule has 2 atom stereocenters. The Balaban J connectivity index is 3.17. The van der Waals surface area contributed by atoms with E-state index in [-0.39, 0.29) is 12.1 Å². The second-order valence-electron chi connectivity index (χ2n) is 7.52. The Morgan fingerprint density at radius 2 is 0.955 bits per heavy atom. The Morgan fingerprint density at radius 1 is 0.591 bits per heavy atom. The van der Waals surface area contributed by atoms with E-state index < -0.39 is 0 Å². The van der Waals surface area contributed by atoms with Gasteiger partial charge in [0, 0.05) is 12.1 Å². The van der Waals surface area contributed by atoms with Crippen LogP contribution in [0.1, 0.15) is 111 Å². The van der Waals surface area contributed by atoms with Crippen LogP contribution in [0.5, 0.6) is 0 Å². The molecule has 0 aliphatic heterocycles. The molecule has 2 nitrogen and oxygen atoms in total. The minimum Gasteiger partial charge on any atom is -0.326 e. The molecule has 0 aromatic carbocycles. The summed E-state index contributed by atoms with van der Waals surface area (Å²) < 4.78 is 0. The van der Waals surface area contributed by atoms with E-state index in [4.69, 9.17) is 11.5 Å². The van der Waals surface area contributed by atoms with E-state index in [2.05, 4.69) is 20.8 Å².